The van der Waals surface area contributed by atoms with Crippen LogP contribution in [-0.4, -0.2) is 28.1 Å². The van der Waals surface area contributed by atoms with Crippen molar-refractivity contribution in [1.82, 2.24) is 9.88 Å². The van der Waals surface area contributed by atoms with E-state index in [-0.39, 0.29) is 11.7 Å². The molecule has 0 fully saturated rings. The lowest BCUT2D eigenvalue weighted by Crippen LogP contribution is -2.37. The average molecular weight is 385 g/mol. The monoisotopic (exact) mass is 384 g/mol. The van der Waals surface area contributed by atoms with Crippen LogP contribution in [0.25, 0.3) is 11.3 Å². The van der Waals surface area contributed by atoms with Crippen LogP contribution < -0.4 is 0 Å². The number of rotatable bonds is 4. The fourth-order valence-corrected chi connectivity index (χ4v) is 4.74. The van der Waals surface area contributed by atoms with E-state index in [1.807, 2.05) is 22.4 Å². The number of carbonyl (C=O) groups excluding carboxylic acids is 1. The van der Waals surface area contributed by atoms with E-state index in [2.05, 4.69) is 17.1 Å². The van der Waals surface area contributed by atoms with E-state index in [0.717, 1.165) is 28.6 Å². The number of aromatic nitrogens is 1. The molecule has 0 unspecified atom stereocenters. The standard InChI is InChI=1S/C20H17FN2OS2/c21-17-7-5-15(6-8-17)18-12-25-20(22-18)26-13-19(24)23-10-9-14-3-1-2-4-16(14)11-23/h1-8,12H,9-11,13H2. The molecule has 0 bridgehead atoms. The Bertz CT molecular complexity index is 924. The molecule has 26 heavy (non-hydrogen) atoms. The normalized spacial score (nSPS) is 13.5. The van der Waals surface area contributed by atoms with Gasteiger partial charge in [0, 0.05) is 24.0 Å². The van der Waals surface area contributed by atoms with Gasteiger partial charge in [-0.3, -0.25) is 4.79 Å². The Kier molecular flexibility index (Phi) is 5.04. The lowest BCUT2D eigenvalue weighted by atomic mass is 10.00. The van der Waals surface area contributed by atoms with Crippen LogP contribution in [0, 0.1) is 5.82 Å². The van der Waals surface area contributed by atoms with Crippen LogP contribution in [0.4, 0.5) is 4.39 Å². The van der Waals surface area contributed by atoms with Gasteiger partial charge in [0.25, 0.3) is 0 Å². The van der Waals surface area contributed by atoms with Crippen LogP contribution in [0.3, 0.4) is 0 Å². The molecule has 0 atom stereocenters. The number of nitrogens with zero attached hydrogens (tertiary/aromatic N) is 2. The van der Waals surface area contributed by atoms with Crippen molar-refractivity contribution >= 4 is 29.0 Å². The zero-order valence-electron chi connectivity index (χ0n) is 14.0. The summed E-state index contributed by atoms with van der Waals surface area (Å²) in [6.45, 7) is 1.46. The van der Waals surface area contributed by atoms with Gasteiger partial charge in [-0.2, -0.15) is 0 Å². The molecule has 0 saturated heterocycles. The quantitative estimate of drug-likeness (QED) is 0.615. The molecule has 0 N–H and O–H groups in total. The molecule has 0 radical (unpaired) electrons. The molecule has 1 amide bonds. The third-order valence-electron chi connectivity index (χ3n) is 4.43. The largest absolute Gasteiger partial charge is 0.337 e. The minimum Gasteiger partial charge on any atom is -0.337 e. The highest BCUT2D eigenvalue weighted by molar-refractivity contribution is 8.01. The third-order valence-corrected chi connectivity index (χ3v) is 6.43. The number of amides is 1. The molecule has 6 heteroatoms. The molecular formula is C20H17FN2OS2. The summed E-state index contributed by atoms with van der Waals surface area (Å²) in [5.41, 5.74) is 4.28. The topological polar surface area (TPSA) is 33.2 Å². The van der Waals surface area contributed by atoms with Gasteiger partial charge in [0.15, 0.2) is 4.34 Å². The maximum atomic E-state index is 13.0. The zero-order chi connectivity index (χ0) is 17.9. The number of hydrogen-bond donors (Lipinski definition) is 0. The SMILES string of the molecule is O=C(CSc1nc(-c2ccc(F)cc2)cs1)N1CCc2ccccc2C1. The van der Waals surface area contributed by atoms with Crippen LogP contribution >= 0.6 is 23.1 Å². The smallest absolute Gasteiger partial charge is 0.233 e. The molecule has 0 aliphatic carbocycles. The minimum atomic E-state index is -0.257. The summed E-state index contributed by atoms with van der Waals surface area (Å²) < 4.78 is 13.9. The summed E-state index contributed by atoms with van der Waals surface area (Å²) in [4.78, 5) is 19.0. The number of carbonyl (C=O) groups is 1. The fraction of sp³-hybridized carbons (Fsp3) is 0.200. The number of hydrogen-bond acceptors (Lipinski definition) is 4. The molecule has 1 aliphatic heterocycles. The van der Waals surface area contributed by atoms with Crippen molar-refractivity contribution in [2.75, 3.05) is 12.3 Å². The van der Waals surface area contributed by atoms with E-state index in [0.29, 0.717) is 12.3 Å². The molecule has 1 aliphatic rings. The van der Waals surface area contributed by atoms with Gasteiger partial charge in [0.05, 0.1) is 11.4 Å². The van der Waals surface area contributed by atoms with Crippen LogP contribution in [-0.2, 0) is 17.8 Å². The van der Waals surface area contributed by atoms with Crippen molar-refractivity contribution in [2.45, 2.75) is 17.3 Å². The number of fused-ring (bicyclic) bond motifs is 1. The first kappa shape index (κ1) is 17.2. The van der Waals surface area contributed by atoms with Crippen LogP contribution in [0.5, 0.6) is 0 Å². The molecule has 1 aromatic heterocycles. The molecule has 3 aromatic rings. The first-order valence-corrected chi connectivity index (χ1v) is 10.2. The molecule has 4 rings (SSSR count). The van der Waals surface area contributed by atoms with Gasteiger partial charge in [-0.25, -0.2) is 9.37 Å². The summed E-state index contributed by atoms with van der Waals surface area (Å²) in [6, 6.07) is 14.6. The maximum Gasteiger partial charge on any atom is 0.233 e. The highest BCUT2D eigenvalue weighted by Crippen LogP contribution is 2.29. The van der Waals surface area contributed by atoms with Crippen molar-refractivity contribution in [1.29, 1.82) is 0 Å². The van der Waals surface area contributed by atoms with E-state index in [9.17, 15) is 9.18 Å². The van der Waals surface area contributed by atoms with Gasteiger partial charge >= 0.3 is 0 Å². The Morgan fingerprint density at radius 1 is 1.15 bits per heavy atom. The van der Waals surface area contributed by atoms with E-state index in [1.54, 1.807) is 12.1 Å². The molecule has 2 heterocycles. The number of halogens is 1. The predicted octanol–water partition coefficient (Wildman–Crippen LogP) is 4.63. The first-order valence-electron chi connectivity index (χ1n) is 8.38. The zero-order valence-corrected chi connectivity index (χ0v) is 15.7. The van der Waals surface area contributed by atoms with Crippen molar-refractivity contribution in [3.63, 3.8) is 0 Å². The second kappa shape index (κ2) is 7.60. The van der Waals surface area contributed by atoms with Gasteiger partial charge < -0.3 is 4.90 Å². The first-order chi connectivity index (χ1) is 12.7. The summed E-state index contributed by atoms with van der Waals surface area (Å²) in [7, 11) is 0. The highest BCUT2D eigenvalue weighted by atomic mass is 32.2. The molecule has 132 valence electrons. The molecule has 2 aromatic carbocycles. The maximum absolute atomic E-state index is 13.0. The number of thiazole rings is 1. The number of benzene rings is 2. The third kappa shape index (κ3) is 3.81. The van der Waals surface area contributed by atoms with Gasteiger partial charge in [-0.15, -0.1) is 11.3 Å². The summed E-state index contributed by atoms with van der Waals surface area (Å²) in [5, 5.41) is 1.94. The van der Waals surface area contributed by atoms with Crippen molar-refractivity contribution in [2.24, 2.45) is 0 Å². The number of thioether (sulfide) groups is 1. The molecule has 0 spiro atoms. The Hall–Kier alpha value is -2.18. The Labute approximate surface area is 159 Å². The summed E-state index contributed by atoms with van der Waals surface area (Å²) in [6.07, 6.45) is 0.915. The lowest BCUT2D eigenvalue weighted by molar-refractivity contribution is -0.129. The fourth-order valence-electron chi connectivity index (χ4n) is 3.00. The second-order valence-corrected chi connectivity index (χ2v) is 8.21. The van der Waals surface area contributed by atoms with Gasteiger partial charge in [-0.05, 0) is 41.8 Å². The van der Waals surface area contributed by atoms with E-state index >= 15 is 0 Å². The van der Waals surface area contributed by atoms with Crippen LogP contribution in [0.2, 0.25) is 0 Å². The van der Waals surface area contributed by atoms with E-state index in [4.69, 9.17) is 0 Å². The van der Waals surface area contributed by atoms with Crippen molar-refractivity contribution < 1.29 is 9.18 Å². The van der Waals surface area contributed by atoms with Crippen molar-refractivity contribution in [3.05, 3.63) is 70.9 Å². The Morgan fingerprint density at radius 3 is 2.73 bits per heavy atom. The van der Waals surface area contributed by atoms with Gasteiger partial charge in [-0.1, -0.05) is 36.0 Å². The Balaban J connectivity index is 1.36. The average Bonchev–Trinajstić information content (AvgIpc) is 3.15. The molecule has 0 saturated carbocycles. The van der Waals surface area contributed by atoms with Gasteiger partial charge in [0.1, 0.15) is 5.82 Å². The van der Waals surface area contributed by atoms with Crippen LogP contribution in [0.1, 0.15) is 11.1 Å². The van der Waals surface area contributed by atoms with E-state index < -0.39 is 0 Å². The summed E-state index contributed by atoms with van der Waals surface area (Å²) in [5.74, 6) is 0.272. The molecular weight excluding hydrogens is 367 g/mol. The Morgan fingerprint density at radius 2 is 1.92 bits per heavy atom. The predicted molar refractivity (Wildman–Crippen MR) is 104 cm³/mol. The highest BCUT2D eigenvalue weighted by Gasteiger charge is 2.20. The molecule has 3 nitrogen and oxygen atoms in total. The summed E-state index contributed by atoms with van der Waals surface area (Å²) >= 11 is 2.98. The van der Waals surface area contributed by atoms with Gasteiger partial charge in [0.2, 0.25) is 5.91 Å². The minimum absolute atomic E-state index is 0.142. The lowest BCUT2D eigenvalue weighted by Gasteiger charge is -2.28. The van der Waals surface area contributed by atoms with Crippen molar-refractivity contribution in [3.8, 4) is 11.3 Å². The second-order valence-electron chi connectivity index (χ2n) is 6.13. The van der Waals surface area contributed by atoms with Crippen LogP contribution in [0.15, 0.2) is 58.3 Å². The van der Waals surface area contributed by atoms with E-state index in [1.165, 1.54) is 46.4 Å².